The van der Waals surface area contributed by atoms with E-state index in [-0.39, 0.29) is 0 Å². The lowest BCUT2D eigenvalue weighted by Crippen LogP contribution is -2.48. The quantitative estimate of drug-likeness (QED) is 0.808. The largest absolute Gasteiger partial charge is 0.379 e. The minimum atomic E-state index is 0.689. The maximum atomic E-state index is 5.50. The summed E-state index contributed by atoms with van der Waals surface area (Å²) in [5, 5.41) is 0. The van der Waals surface area contributed by atoms with Gasteiger partial charge in [-0.05, 0) is 56.5 Å². The Hall–Kier alpha value is -1.75. The first kappa shape index (κ1) is 18.6. The molecule has 4 nitrogen and oxygen atoms in total. The number of rotatable bonds is 5. The molecule has 1 unspecified atom stereocenters. The van der Waals surface area contributed by atoms with Gasteiger partial charge in [0.2, 0.25) is 0 Å². The Bertz CT molecular complexity index is 689. The molecule has 2 aromatic rings. The van der Waals surface area contributed by atoms with Crippen LogP contribution in [-0.4, -0.2) is 60.2 Å². The summed E-state index contributed by atoms with van der Waals surface area (Å²) in [5.74, 6) is 0.825. The molecule has 3 heterocycles. The van der Waals surface area contributed by atoms with Gasteiger partial charge in [-0.3, -0.25) is 14.8 Å². The van der Waals surface area contributed by atoms with Gasteiger partial charge in [0, 0.05) is 37.4 Å². The van der Waals surface area contributed by atoms with Crippen molar-refractivity contribution < 1.29 is 4.74 Å². The summed E-state index contributed by atoms with van der Waals surface area (Å²) in [7, 11) is 0. The van der Waals surface area contributed by atoms with Crippen molar-refractivity contribution in [3.05, 3.63) is 54.2 Å². The van der Waals surface area contributed by atoms with Crippen LogP contribution in [0.2, 0.25) is 0 Å². The highest BCUT2D eigenvalue weighted by molar-refractivity contribution is 5.58. The van der Waals surface area contributed by atoms with Gasteiger partial charge in [0.25, 0.3) is 0 Å². The number of ether oxygens (including phenoxy) is 1. The molecule has 0 amide bonds. The summed E-state index contributed by atoms with van der Waals surface area (Å²) in [4.78, 5) is 9.67. The highest BCUT2D eigenvalue weighted by atomic mass is 16.5. The number of piperidine rings is 1. The van der Waals surface area contributed by atoms with E-state index in [0.717, 1.165) is 44.5 Å². The van der Waals surface area contributed by atoms with Crippen molar-refractivity contribution in [3.63, 3.8) is 0 Å². The second kappa shape index (κ2) is 8.96. The van der Waals surface area contributed by atoms with E-state index >= 15 is 0 Å². The molecule has 2 aliphatic rings. The average Bonchev–Trinajstić information content (AvgIpc) is 2.76. The summed E-state index contributed by atoms with van der Waals surface area (Å²) in [6.07, 6.45) is 4.47. The van der Waals surface area contributed by atoms with Gasteiger partial charge in [-0.15, -0.1) is 0 Å². The third-order valence-corrected chi connectivity index (χ3v) is 6.26. The predicted octanol–water partition coefficient (Wildman–Crippen LogP) is 3.68. The lowest BCUT2D eigenvalue weighted by Gasteiger charge is -2.41. The molecule has 0 N–H and O–H groups in total. The van der Waals surface area contributed by atoms with Crippen LogP contribution in [0, 0.1) is 5.92 Å². The summed E-state index contributed by atoms with van der Waals surface area (Å²) < 4.78 is 5.50. The molecule has 2 fully saturated rings. The first-order chi connectivity index (χ1) is 13.3. The zero-order chi connectivity index (χ0) is 18.5. The lowest BCUT2D eigenvalue weighted by atomic mass is 9.89. The summed E-state index contributed by atoms with van der Waals surface area (Å²) >= 11 is 0. The van der Waals surface area contributed by atoms with Crippen molar-refractivity contribution in [2.45, 2.75) is 32.4 Å². The first-order valence-electron chi connectivity index (χ1n) is 10.3. The van der Waals surface area contributed by atoms with Crippen molar-refractivity contribution in [3.8, 4) is 11.3 Å². The van der Waals surface area contributed by atoms with Crippen molar-refractivity contribution in [2.24, 2.45) is 5.92 Å². The summed E-state index contributed by atoms with van der Waals surface area (Å²) in [5.41, 5.74) is 3.63. The third kappa shape index (κ3) is 4.75. The monoisotopic (exact) mass is 365 g/mol. The van der Waals surface area contributed by atoms with E-state index in [0.29, 0.717) is 6.04 Å². The lowest BCUT2D eigenvalue weighted by molar-refractivity contribution is -0.00192. The topological polar surface area (TPSA) is 28.6 Å². The Morgan fingerprint density at radius 1 is 1.00 bits per heavy atom. The number of morpholine rings is 1. The van der Waals surface area contributed by atoms with E-state index in [4.69, 9.17) is 4.74 Å². The molecule has 2 saturated heterocycles. The molecule has 1 aromatic carbocycles. The maximum Gasteiger partial charge on any atom is 0.0701 e. The number of pyridine rings is 1. The Kier molecular flexibility index (Phi) is 6.17. The predicted molar refractivity (Wildman–Crippen MR) is 110 cm³/mol. The highest BCUT2D eigenvalue weighted by Gasteiger charge is 2.28. The van der Waals surface area contributed by atoms with Crippen molar-refractivity contribution in [2.75, 3.05) is 39.4 Å². The molecule has 0 bridgehead atoms. The van der Waals surface area contributed by atoms with Crippen molar-refractivity contribution in [1.82, 2.24) is 14.8 Å². The number of hydrogen-bond acceptors (Lipinski definition) is 4. The molecule has 0 aliphatic carbocycles. The number of nitrogens with zero attached hydrogens (tertiary/aromatic N) is 3. The number of benzene rings is 1. The van der Waals surface area contributed by atoms with Crippen LogP contribution in [0.4, 0.5) is 0 Å². The molecule has 27 heavy (non-hydrogen) atoms. The summed E-state index contributed by atoms with van der Waals surface area (Å²) in [6, 6.07) is 15.7. The fraction of sp³-hybridized carbons (Fsp3) is 0.522. The Balaban J connectivity index is 1.28. The van der Waals surface area contributed by atoms with Crippen LogP contribution < -0.4 is 0 Å². The Morgan fingerprint density at radius 3 is 2.41 bits per heavy atom. The second-order valence-electron chi connectivity index (χ2n) is 7.91. The second-order valence-corrected chi connectivity index (χ2v) is 7.91. The minimum absolute atomic E-state index is 0.689. The smallest absolute Gasteiger partial charge is 0.0701 e. The molecular weight excluding hydrogens is 334 g/mol. The number of hydrogen-bond donors (Lipinski definition) is 0. The van der Waals surface area contributed by atoms with E-state index in [9.17, 15) is 0 Å². The molecular formula is C23H31N3O. The van der Waals surface area contributed by atoms with E-state index in [2.05, 4.69) is 52.0 Å². The molecule has 0 spiro atoms. The summed E-state index contributed by atoms with van der Waals surface area (Å²) in [6.45, 7) is 9.90. The molecule has 0 saturated carbocycles. The van der Waals surface area contributed by atoms with Gasteiger partial charge in [-0.2, -0.15) is 0 Å². The van der Waals surface area contributed by atoms with E-state index in [1.165, 1.54) is 37.1 Å². The standard InChI is InChI=1S/C23H31N3O/c1-19(26-14-16-27-17-15-26)21-9-12-25(13-10-21)18-20-5-7-22(8-6-20)23-4-2-3-11-24-23/h2-8,11,19,21H,9-10,12-18H2,1H3. The molecule has 4 heteroatoms. The Labute approximate surface area is 163 Å². The highest BCUT2D eigenvalue weighted by Crippen LogP contribution is 2.26. The zero-order valence-corrected chi connectivity index (χ0v) is 16.4. The maximum absolute atomic E-state index is 5.50. The van der Waals surface area contributed by atoms with Gasteiger partial charge < -0.3 is 4.74 Å². The molecule has 4 rings (SSSR count). The number of aromatic nitrogens is 1. The van der Waals surface area contributed by atoms with Gasteiger partial charge in [-0.1, -0.05) is 30.3 Å². The third-order valence-electron chi connectivity index (χ3n) is 6.26. The van der Waals surface area contributed by atoms with E-state index in [1.807, 2.05) is 18.3 Å². The van der Waals surface area contributed by atoms with Crippen LogP contribution in [-0.2, 0) is 11.3 Å². The number of likely N-dealkylation sites (tertiary alicyclic amines) is 1. The van der Waals surface area contributed by atoms with Gasteiger partial charge >= 0.3 is 0 Å². The van der Waals surface area contributed by atoms with Gasteiger partial charge in [-0.25, -0.2) is 0 Å². The van der Waals surface area contributed by atoms with Crippen molar-refractivity contribution >= 4 is 0 Å². The first-order valence-corrected chi connectivity index (χ1v) is 10.3. The van der Waals surface area contributed by atoms with Crippen LogP contribution in [0.25, 0.3) is 11.3 Å². The van der Waals surface area contributed by atoms with Gasteiger partial charge in [0.15, 0.2) is 0 Å². The van der Waals surface area contributed by atoms with E-state index in [1.54, 1.807) is 0 Å². The zero-order valence-electron chi connectivity index (χ0n) is 16.4. The minimum Gasteiger partial charge on any atom is -0.379 e. The molecule has 0 radical (unpaired) electrons. The average molecular weight is 366 g/mol. The molecule has 1 atom stereocenters. The van der Waals surface area contributed by atoms with Crippen LogP contribution in [0.5, 0.6) is 0 Å². The molecule has 2 aliphatic heterocycles. The van der Waals surface area contributed by atoms with Crippen LogP contribution >= 0.6 is 0 Å². The van der Waals surface area contributed by atoms with Crippen LogP contribution in [0.1, 0.15) is 25.3 Å². The fourth-order valence-electron chi connectivity index (χ4n) is 4.45. The molecule has 1 aromatic heterocycles. The van der Waals surface area contributed by atoms with Gasteiger partial charge in [0.05, 0.1) is 18.9 Å². The molecule has 144 valence electrons. The fourth-order valence-corrected chi connectivity index (χ4v) is 4.45. The normalized spacial score (nSPS) is 21.2. The Morgan fingerprint density at radius 2 is 1.74 bits per heavy atom. The van der Waals surface area contributed by atoms with Crippen molar-refractivity contribution in [1.29, 1.82) is 0 Å². The van der Waals surface area contributed by atoms with Gasteiger partial charge in [0.1, 0.15) is 0 Å². The van der Waals surface area contributed by atoms with Crippen LogP contribution in [0.15, 0.2) is 48.7 Å². The van der Waals surface area contributed by atoms with E-state index < -0.39 is 0 Å². The SMILES string of the molecule is CC(C1CCN(Cc2ccc(-c3ccccn3)cc2)CC1)N1CCOCC1. The van der Waals surface area contributed by atoms with Crippen LogP contribution in [0.3, 0.4) is 0 Å².